The minimum absolute atomic E-state index is 0.00268. The van der Waals surface area contributed by atoms with E-state index in [2.05, 4.69) is 25.6 Å². The van der Waals surface area contributed by atoms with E-state index in [9.17, 15) is 26.3 Å². The molecule has 1 unspecified atom stereocenters. The minimum Gasteiger partial charge on any atom is -0.379 e. The standard InChI is InChI=1S/C25H24F6N6O/c26-24(27,28)15-3-5-16(6-4-15)33-21-18-7-11-37(22-19(25(29,30)31)2-1-10-32-22)12-8-20(18)35-23(36-21)34-17-9-13-38-14-17/h1-6,10,17H,7-9,11-14H2,(H2,33,34,35,36). The van der Waals surface area contributed by atoms with E-state index in [-0.39, 0.29) is 24.9 Å². The summed E-state index contributed by atoms with van der Waals surface area (Å²) in [7, 11) is 0. The van der Waals surface area contributed by atoms with Crippen molar-refractivity contribution < 1.29 is 31.1 Å². The van der Waals surface area contributed by atoms with Gasteiger partial charge in [0.1, 0.15) is 11.6 Å². The molecule has 13 heteroatoms. The Morgan fingerprint density at radius 3 is 2.37 bits per heavy atom. The molecule has 1 saturated heterocycles. The number of fused-ring (bicyclic) bond motifs is 1. The van der Waals surface area contributed by atoms with Gasteiger partial charge in [0.25, 0.3) is 0 Å². The molecule has 1 fully saturated rings. The number of alkyl halides is 6. The van der Waals surface area contributed by atoms with Crippen LogP contribution in [-0.4, -0.2) is 47.3 Å². The van der Waals surface area contributed by atoms with Gasteiger partial charge in [0.2, 0.25) is 5.95 Å². The molecule has 0 aliphatic carbocycles. The molecule has 1 atom stereocenters. The summed E-state index contributed by atoms with van der Waals surface area (Å²) < 4.78 is 85.3. The van der Waals surface area contributed by atoms with E-state index in [1.54, 1.807) is 4.90 Å². The largest absolute Gasteiger partial charge is 0.419 e. The smallest absolute Gasteiger partial charge is 0.379 e. The second kappa shape index (κ2) is 10.3. The molecule has 0 saturated carbocycles. The molecule has 0 radical (unpaired) electrons. The SMILES string of the molecule is FC(F)(F)c1ccc(Nc2nc(NC3CCOC3)nc3c2CCN(c2ncccc2C(F)(F)F)CC3)cc1. The molecule has 0 bridgehead atoms. The van der Waals surface area contributed by atoms with Crippen LogP contribution in [0.25, 0.3) is 0 Å². The Kier molecular flexibility index (Phi) is 7.03. The first-order chi connectivity index (χ1) is 18.1. The minimum atomic E-state index is -4.56. The molecule has 4 heterocycles. The van der Waals surface area contributed by atoms with Gasteiger partial charge >= 0.3 is 12.4 Å². The summed E-state index contributed by atoms with van der Waals surface area (Å²) in [6.45, 7) is 1.55. The monoisotopic (exact) mass is 538 g/mol. The zero-order valence-electron chi connectivity index (χ0n) is 20.0. The first-order valence-corrected chi connectivity index (χ1v) is 12.0. The lowest BCUT2D eigenvalue weighted by Crippen LogP contribution is -2.29. The number of nitrogens with zero attached hydrogens (tertiary/aromatic N) is 4. The lowest BCUT2D eigenvalue weighted by molar-refractivity contribution is -0.138. The summed E-state index contributed by atoms with van der Waals surface area (Å²) in [6.07, 6.45) is -6.31. The van der Waals surface area contributed by atoms with E-state index in [1.807, 2.05) is 0 Å². The highest BCUT2D eigenvalue weighted by Gasteiger charge is 2.36. The first-order valence-electron chi connectivity index (χ1n) is 12.0. The average Bonchev–Trinajstić information content (AvgIpc) is 3.28. The third-order valence-electron chi connectivity index (χ3n) is 6.47. The van der Waals surface area contributed by atoms with Crippen molar-refractivity contribution in [2.75, 3.05) is 41.8 Å². The maximum atomic E-state index is 13.6. The molecule has 7 nitrogen and oxygen atoms in total. The van der Waals surface area contributed by atoms with Gasteiger partial charge in [0, 0.05) is 43.6 Å². The van der Waals surface area contributed by atoms with Crippen molar-refractivity contribution in [3.63, 3.8) is 0 Å². The summed E-state index contributed by atoms with van der Waals surface area (Å²) >= 11 is 0. The molecule has 38 heavy (non-hydrogen) atoms. The van der Waals surface area contributed by atoms with Gasteiger partial charge in [-0.2, -0.15) is 31.3 Å². The fourth-order valence-electron chi connectivity index (χ4n) is 4.56. The van der Waals surface area contributed by atoms with E-state index in [0.717, 1.165) is 24.6 Å². The summed E-state index contributed by atoms with van der Waals surface area (Å²) in [4.78, 5) is 14.8. The molecule has 0 amide bonds. The Labute approximate surface area is 214 Å². The van der Waals surface area contributed by atoms with Crippen LogP contribution < -0.4 is 15.5 Å². The summed E-state index contributed by atoms with van der Waals surface area (Å²) in [5, 5.41) is 6.32. The maximum absolute atomic E-state index is 13.6. The molecule has 1 aromatic carbocycles. The second-order valence-electron chi connectivity index (χ2n) is 9.09. The van der Waals surface area contributed by atoms with Gasteiger partial charge in [-0.15, -0.1) is 0 Å². The Hall–Kier alpha value is -3.61. The number of rotatable bonds is 5. The maximum Gasteiger partial charge on any atom is 0.419 e. The molecular formula is C25H24F6N6O. The van der Waals surface area contributed by atoms with Crippen LogP contribution in [-0.2, 0) is 29.9 Å². The number of ether oxygens (including phenoxy) is 1. The van der Waals surface area contributed by atoms with Gasteiger partial charge in [-0.05, 0) is 49.2 Å². The van der Waals surface area contributed by atoms with Crippen molar-refractivity contribution in [1.29, 1.82) is 0 Å². The van der Waals surface area contributed by atoms with Crippen LogP contribution in [0.5, 0.6) is 0 Å². The molecule has 2 aromatic heterocycles. The van der Waals surface area contributed by atoms with Gasteiger partial charge in [-0.1, -0.05) is 0 Å². The van der Waals surface area contributed by atoms with Crippen LogP contribution in [0.15, 0.2) is 42.6 Å². The van der Waals surface area contributed by atoms with Gasteiger partial charge in [-0.3, -0.25) is 0 Å². The van der Waals surface area contributed by atoms with Crippen LogP contribution in [0.3, 0.4) is 0 Å². The number of aromatic nitrogens is 3. The van der Waals surface area contributed by atoms with Crippen molar-refractivity contribution in [3.05, 3.63) is 65.0 Å². The van der Waals surface area contributed by atoms with Crippen LogP contribution in [0.2, 0.25) is 0 Å². The zero-order chi connectivity index (χ0) is 26.9. The van der Waals surface area contributed by atoms with Crippen LogP contribution in [0.1, 0.15) is 28.8 Å². The third-order valence-corrected chi connectivity index (χ3v) is 6.47. The van der Waals surface area contributed by atoms with E-state index in [1.165, 1.54) is 24.4 Å². The molecule has 0 spiro atoms. The lowest BCUT2D eigenvalue weighted by atomic mass is 10.1. The molecular weight excluding hydrogens is 514 g/mol. The van der Waals surface area contributed by atoms with Crippen molar-refractivity contribution in [2.24, 2.45) is 0 Å². The second-order valence-corrected chi connectivity index (χ2v) is 9.09. The average molecular weight is 538 g/mol. The molecule has 2 aliphatic heterocycles. The summed E-state index contributed by atoms with van der Waals surface area (Å²) in [5.41, 5.74) is 0.121. The van der Waals surface area contributed by atoms with Gasteiger partial charge in [0.15, 0.2) is 0 Å². The molecule has 3 aromatic rings. The Morgan fingerprint density at radius 2 is 1.68 bits per heavy atom. The van der Waals surface area contributed by atoms with Crippen molar-refractivity contribution in [2.45, 2.75) is 37.7 Å². The summed E-state index contributed by atoms with van der Waals surface area (Å²) in [6, 6.07) is 6.81. The fourth-order valence-corrected chi connectivity index (χ4v) is 4.56. The molecule has 202 valence electrons. The number of hydrogen-bond acceptors (Lipinski definition) is 7. The van der Waals surface area contributed by atoms with Crippen molar-refractivity contribution in [3.8, 4) is 0 Å². The van der Waals surface area contributed by atoms with Crippen LogP contribution in [0.4, 0.5) is 49.6 Å². The first kappa shape index (κ1) is 26.0. The topological polar surface area (TPSA) is 75.2 Å². The van der Waals surface area contributed by atoms with Crippen LogP contribution >= 0.6 is 0 Å². The Balaban J connectivity index is 1.45. The summed E-state index contributed by atoms with van der Waals surface area (Å²) in [5.74, 6) is 0.547. The lowest BCUT2D eigenvalue weighted by Gasteiger charge is -2.24. The van der Waals surface area contributed by atoms with E-state index >= 15 is 0 Å². The third kappa shape index (κ3) is 5.77. The number of hydrogen-bond donors (Lipinski definition) is 2. The normalized spacial score (nSPS) is 18.2. The molecule has 5 rings (SSSR count). The Morgan fingerprint density at radius 1 is 0.921 bits per heavy atom. The highest BCUT2D eigenvalue weighted by Crippen LogP contribution is 2.36. The number of anilines is 4. The zero-order valence-corrected chi connectivity index (χ0v) is 20.0. The quantitative estimate of drug-likeness (QED) is 0.418. The number of pyridine rings is 1. The van der Waals surface area contributed by atoms with Gasteiger partial charge < -0.3 is 20.3 Å². The fraction of sp³-hybridized carbons (Fsp3) is 0.400. The van der Waals surface area contributed by atoms with Gasteiger partial charge in [0.05, 0.1) is 29.5 Å². The molecule has 2 aliphatic rings. The Bertz CT molecular complexity index is 1270. The molecule has 2 N–H and O–H groups in total. The highest BCUT2D eigenvalue weighted by molar-refractivity contribution is 5.63. The van der Waals surface area contributed by atoms with Crippen molar-refractivity contribution >= 4 is 23.3 Å². The number of nitrogens with one attached hydrogen (secondary N) is 2. The van der Waals surface area contributed by atoms with Crippen molar-refractivity contribution in [1.82, 2.24) is 15.0 Å². The van der Waals surface area contributed by atoms with Gasteiger partial charge in [-0.25, -0.2) is 9.97 Å². The number of halogens is 6. The van der Waals surface area contributed by atoms with Crippen LogP contribution in [0, 0.1) is 0 Å². The highest BCUT2D eigenvalue weighted by atomic mass is 19.4. The van der Waals surface area contributed by atoms with E-state index < -0.39 is 23.5 Å². The van der Waals surface area contributed by atoms with E-state index in [4.69, 9.17) is 4.74 Å². The predicted molar refractivity (Wildman–Crippen MR) is 128 cm³/mol. The predicted octanol–water partition coefficient (Wildman–Crippen LogP) is 5.46. The number of benzene rings is 1. The van der Waals surface area contributed by atoms with E-state index in [0.29, 0.717) is 54.8 Å².